The van der Waals surface area contributed by atoms with Crippen molar-refractivity contribution in [3.8, 4) is 0 Å². The first-order valence-electron chi connectivity index (χ1n) is 1.37. The second-order valence-electron chi connectivity index (χ2n) is 0.856. The quantitative estimate of drug-likeness (QED) is 0.225. The minimum atomic E-state index is -5.17. The molecule has 0 fully saturated rings. The van der Waals surface area contributed by atoms with Crippen LogP contribution in [0.25, 0.3) is 0 Å². The van der Waals surface area contributed by atoms with Gasteiger partial charge in [-0.15, -0.1) is 0 Å². The maximum atomic E-state index is 8.74. The first kappa shape index (κ1) is 29.2. The van der Waals surface area contributed by atoms with Gasteiger partial charge in [0.15, 0.2) is 0 Å². The molecule has 8 N–H and O–H groups in total. The fraction of sp³-hybridized carbons (Fsp3) is 0. The van der Waals surface area contributed by atoms with E-state index in [1.807, 2.05) is 0 Å². The van der Waals surface area contributed by atoms with E-state index in [9.17, 15) is 0 Å². The van der Waals surface area contributed by atoms with Gasteiger partial charge in [0.1, 0.15) is 0 Å². The maximum absolute atomic E-state index is 8.74. The van der Waals surface area contributed by atoms with E-state index in [4.69, 9.17) is 35.0 Å². The summed E-state index contributed by atoms with van der Waals surface area (Å²) in [5, 5.41) is 0. The van der Waals surface area contributed by atoms with E-state index < -0.39 is 20.8 Å². The fourth-order valence-corrected chi connectivity index (χ4v) is 0. The van der Waals surface area contributed by atoms with Crippen LogP contribution in [0.1, 0.15) is 0 Å². The molecule has 13 heteroatoms. The van der Waals surface area contributed by atoms with Crippen molar-refractivity contribution in [2.24, 2.45) is 0 Å². The van der Waals surface area contributed by atoms with Crippen LogP contribution in [0.5, 0.6) is 0 Å². The Morgan fingerprint density at radius 3 is 0.846 bits per heavy atom. The van der Waals surface area contributed by atoms with Crippen molar-refractivity contribution in [3.05, 3.63) is 0 Å². The Hall–Kier alpha value is 0.179. The average molecular weight is 292 g/mol. The largest absolute Gasteiger partial charge is 2.00 e. The van der Waals surface area contributed by atoms with Crippen LogP contribution in [0.4, 0.5) is 0 Å². The van der Waals surface area contributed by atoms with Gasteiger partial charge in [0.2, 0.25) is 0 Å². The minimum absolute atomic E-state index is 0. The van der Waals surface area contributed by atoms with E-state index >= 15 is 0 Å². The summed E-state index contributed by atoms with van der Waals surface area (Å²) >= 11 is 0. The molecular formula is H8CuN2O8S2. The third-order valence-electron chi connectivity index (χ3n) is 0. The monoisotopic (exact) mass is 291 g/mol. The molecule has 0 aromatic heterocycles. The Balaban J connectivity index is -0.0000000267. The minimum Gasteiger partial charge on any atom is -0.759 e. The number of hydrogen-bond acceptors (Lipinski definition) is 8. The summed E-state index contributed by atoms with van der Waals surface area (Å²) in [6.07, 6.45) is 0. The Kier molecular flexibility index (Phi) is 23.1. The van der Waals surface area contributed by atoms with Gasteiger partial charge in [-0.2, -0.15) is 8.42 Å². The molecule has 13 heavy (non-hydrogen) atoms. The fourth-order valence-electron chi connectivity index (χ4n) is 0. The van der Waals surface area contributed by atoms with Gasteiger partial charge >= 0.3 is 27.5 Å². The molecule has 0 atom stereocenters. The van der Waals surface area contributed by atoms with Gasteiger partial charge in [0, 0.05) is 10.4 Å². The van der Waals surface area contributed by atoms with E-state index in [2.05, 4.69) is 0 Å². The van der Waals surface area contributed by atoms with Gasteiger partial charge in [0.25, 0.3) is 0 Å². The van der Waals surface area contributed by atoms with Crippen LogP contribution >= 0.6 is 0 Å². The molecule has 0 aliphatic carbocycles. The maximum Gasteiger partial charge on any atom is 2.00 e. The summed E-state index contributed by atoms with van der Waals surface area (Å²) in [6.45, 7) is 0. The van der Waals surface area contributed by atoms with Crippen molar-refractivity contribution in [2.75, 3.05) is 0 Å². The van der Waals surface area contributed by atoms with Crippen molar-refractivity contribution < 1.29 is 52.1 Å². The number of rotatable bonds is 0. The molecule has 0 aliphatic heterocycles. The van der Waals surface area contributed by atoms with E-state index in [0.29, 0.717) is 0 Å². The van der Waals surface area contributed by atoms with E-state index in [-0.39, 0.29) is 29.4 Å². The van der Waals surface area contributed by atoms with E-state index in [1.54, 1.807) is 0 Å². The van der Waals surface area contributed by atoms with Gasteiger partial charge in [-0.05, 0) is 0 Å². The summed E-state index contributed by atoms with van der Waals surface area (Å²) < 4.78 is 65.7. The van der Waals surface area contributed by atoms with Crippen molar-refractivity contribution >= 4 is 20.8 Å². The molecule has 0 saturated carbocycles. The molecule has 0 saturated heterocycles. The summed E-state index contributed by atoms with van der Waals surface area (Å²) in [5.41, 5.74) is 0. The second-order valence-corrected chi connectivity index (χ2v) is 2.57. The van der Waals surface area contributed by atoms with E-state index in [0.717, 1.165) is 0 Å². The Morgan fingerprint density at radius 2 is 0.846 bits per heavy atom. The molecule has 0 aromatic carbocycles. The summed E-state index contributed by atoms with van der Waals surface area (Å²) in [7, 11) is -9.83. The van der Waals surface area contributed by atoms with Gasteiger partial charge in [-0.25, -0.2) is 0 Å². The predicted molar refractivity (Wildman–Crippen MR) is 34.7 cm³/mol. The molecule has 0 rings (SSSR count). The summed E-state index contributed by atoms with van der Waals surface area (Å²) in [6, 6.07) is 0. The third kappa shape index (κ3) is 39200. The molecular weight excluding hydrogens is 284 g/mol. The molecule has 0 aromatic rings. The molecule has 0 heterocycles. The van der Waals surface area contributed by atoms with Crippen LogP contribution in [0.2, 0.25) is 0 Å². The van der Waals surface area contributed by atoms with Crippen LogP contribution < -0.4 is 12.3 Å². The van der Waals surface area contributed by atoms with Crippen LogP contribution in [0.3, 0.4) is 0 Å². The van der Waals surface area contributed by atoms with Crippen molar-refractivity contribution in [1.29, 1.82) is 0 Å². The standard InChI is InChI=1S/Cu.2H3N.2H2O4S/c;;;2*1-5(2,3)4/h;2*1H3;2*(H2,1,2,3,4)/q+2;;;;/p-2. The molecule has 89 valence electrons. The Labute approximate surface area is 85.5 Å². The molecule has 10 nitrogen and oxygen atoms in total. The normalized spacial score (nSPS) is 8.92. The Morgan fingerprint density at radius 1 is 0.846 bits per heavy atom. The smallest absolute Gasteiger partial charge is 0.759 e. The van der Waals surface area contributed by atoms with Gasteiger partial charge < -0.3 is 21.4 Å². The van der Waals surface area contributed by atoms with Crippen molar-refractivity contribution in [1.82, 2.24) is 12.3 Å². The summed E-state index contributed by atoms with van der Waals surface area (Å²) in [4.78, 5) is 0. The Bertz CT molecular complexity index is 217. The zero-order valence-electron chi connectivity index (χ0n) is 5.88. The first-order valence-corrected chi connectivity index (χ1v) is 4.10. The topological polar surface area (TPSA) is 225 Å². The third-order valence-corrected chi connectivity index (χ3v) is 0. The van der Waals surface area contributed by atoms with Crippen LogP contribution in [-0.4, -0.2) is 35.0 Å². The summed E-state index contributed by atoms with van der Waals surface area (Å²) in [5.74, 6) is 0. The van der Waals surface area contributed by atoms with Gasteiger partial charge in [-0.3, -0.25) is 17.5 Å². The average Bonchev–Trinajstić information content (AvgIpc) is 1.12. The molecule has 1 radical (unpaired) electrons. The van der Waals surface area contributed by atoms with Crippen molar-refractivity contribution in [3.63, 3.8) is 0 Å². The zero-order chi connectivity index (χ0) is 9.00. The van der Waals surface area contributed by atoms with Crippen LogP contribution in [0, 0.1) is 0 Å². The molecule has 0 bridgehead atoms. The van der Waals surface area contributed by atoms with Crippen LogP contribution in [0.15, 0.2) is 0 Å². The molecule has 0 amide bonds. The van der Waals surface area contributed by atoms with Gasteiger partial charge in [-0.1, -0.05) is 0 Å². The molecule has 0 spiro atoms. The molecule has 0 unspecified atom stereocenters. The molecule has 0 aliphatic rings. The second kappa shape index (κ2) is 10.3. The van der Waals surface area contributed by atoms with E-state index in [1.165, 1.54) is 0 Å². The van der Waals surface area contributed by atoms with Gasteiger partial charge in [0.05, 0.1) is 0 Å². The van der Waals surface area contributed by atoms with Crippen molar-refractivity contribution in [2.45, 2.75) is 0 Å². The zero-order valence-corrected chi connectivity index (χ0v) is 8.45. The van der Waals surface area contributed by atoms with Crippen LogP contribution in [-0.2, 0) is 37.9 Å². The predicted octanol–water partition coefficient (Wildman–Crippen LogP) is -1.67. The first-order chi connectivity index (χ1) is 4.00. The SMILES string of the molecule is N.N.O=S(=O)(O)O.O=S(=O)([O-])[O-].[Cu+2]. The number of hydrogen-bond donors (Lipinski definition) is 4.